The highest BCUT2D eigenvalue weighted by Crippen LogP contribution is 2.28. The van der Waals surface area contributed by atoms with E-state index in [9.17, 15) is 5.11 Å². The van der Waals surface area contributed by atoms with Crippen LogP contribution in [-0.4, -0.2) is 22.4 Å². The van der Waals surface area contributed by atoms with Crippen molar-refractivity contribution in [2.45, 2.75) is 6.42 Å². The van der Waals surface area contributed by atoms with E-state index in [4.69, 9.17) is 11.6 Å². The summed E-state index contributed by atoms with van der Waals surface area (Å²) in [5.74, 6) is 0.247. The molecule has 0 spiro atoms. The molecular formula is C18H17ClN2O. The number of benzene rings is 2. The van der Waals surface area contributed by atoms with Gasteiger partial charge in [0, 0.05) is 30.2 Å². The van der Waals surface area contributed by atoms with Crippen LogP contribution in [0.5, 0.6) is 5.88 Å². The van der Waals surface area contributed by atoms with Gasteiger partial charge in [0.25, 0.3) is 0 Å². The van der Waals surface area contributed by atoms with Crippen LogP contribution in [0.3, 0.4) is 0 Å². The van der Waals surface area contributed by atoms with E-state index < -0.39 is 0 Å². The zero-order chi connectivity index (χ0) is 15.5. The SMILES string of the molecule is Cn1c(O)c(C=NCCc2ccc(Cl)cc2)c2ccccc21. The van der Waals surface area contributed by atoms with E-state index in [1.54, 1.807) is 10.8 Å². The third-order valence-corrected chi connectivity index (χ3v) is 4.03. The number of nitrogens with zero attached hydrogens (tertiary/aromatic N) is 2. The summed E-state index contributed by atoms with van der Waals surface area (Å²) in [4.78, 5) is 4.45. The van der Waals surface area contributed by atoms with E-state index in [1.165, 1.54) is 5.56 Å². The average Bonchev–Trinajstić information content (AvgIpc) is 2.78. The van der Waals surface area contributed by atoms with Gasteiger partial charge < -0.3 is 9.67 Å². The second-order valence-electron chi connectivity index (χ2n) is 5.23. The first-order valence-electron chi connectivity index (χ1n) is 7.17. The van der Waals surface area contributed by atoms with E-state index in [-0.39, 0.29) is 5.88 Å². The van der Waals surface area contributed by atoms with E-state index in [0.717, 1.165) is 27.9 Å². The standard InChI is InChI=1S/C18H17ClN2O/c1-21-17-5-3-2-4-15(17)16(18(21)22)12-20-11-10-13-6-8-14(19)9-7-13/h2-9,12,22H,10-11H2,1H3. The van der Waals surface area contributed by atoms with Crippen molar-refractivity contribution in [1.82, 2.24) is 4.57 Å². The Hall–Kier alpha value is -2.26. The summed E-state index contributed by atoms with van der Waals surface area (Å²) < 4.78 is 1.77. The minimum atomic E-state index is 0.247. The molecule has 1 N–H and O–H groups in total. The Morgan fingerprint density at radius 3 is 2.64 bits per heavy atom. The molecule has 3 nitrogen and oxygen atoms in total. The number of halogens is 1. The highest BCUT2D eigenvalue weighted by molar-refractivity contribution is 6.30. The lowest BCUT2D eigenvalue weighted by molar-refractivity contribution is 0.434. The zero-order valence-electron chi connectivity index (χ0n) is 12.3. The lowest BCUT2D eigenvalue weighted by Gasteiger charge is -1.98. The molecule has 0 unspecified atom stereocenters. The molecule has 22 heavy (non-hydrogen) atoms. The molecule has 0 radical (unpaired) electrons. The molecule has 0 fully saturated rings. The van der Waals surface area contributed by atoms with Gasteiger partial charge in [-0.25, -0.2) is 0 Å². The summed E-state index contributed by atoms with van der Waals surface area (Å²) in [5.41, 5.74) is 2.97. The van der Waals surface area contributed by atoms with Crippen molar-refractivity contribution in [1.29, 1.82) is 0 Å². The fourth-order valence-corrected chi connectivity index (χ4v) is 2.66. The summed E-state index contributed by atoms with van der Waals surface area (Å²) in [7, 11) is 1.85. The van der Waals surface area contributed by atoms with Gasteiger partial charge in [-0.3, -0.25) is 4.99 Å². The van der Waals surface area contributed by atoms with Crippen LogP contribution >= 0.6 is 11.6 Å². The Kier molecular flexibility index (Phi) is 4.16. The molecule has 1 heterocycles. The van der Waals surface area contributed by atoms with Crippen molar-refractivity contribution < 1.29 is 5.11 Å². The van der Waals surface area contributed by atoms with Gasteiger partial charge >= 0.3 is 0 Å². The van der Waals surface area contributed by atoms with Crippen molar-refractivity contribution in [3.05, 3.63) is 64.7 Å². The normalized spacial score (nSPS) is 11.5. The largest absolute Gasteiger partial charge is 0.494 e. The topological polar surface area (TPSA) is 37.5 Å². The minimum absolute atomic E-state index is 0.247. The van der Waals surface area contributed by atoms with Crippen LogP contribution in [0, 0.1) is 0 Å². The number of para-hydroxylation sites is 1. The molecular weight excluding hydrogens is 296 g/mol. The minimum Gasteiger partial charge on any atom is -0.494 e. The molecule has 3 aromatic rings. The molecule has 0 bridgehead atoms. The molecule has 0 saturated heterocycles. The van der Waals surface area contributed by atoms with E-state index in [2.05, 4.69) is 4.99 Å². The molecule has 0 saturated carbocycles. The van der Waals surface area contributed by atoms with Crippen LogP contribution in [0.25, 0.3) is 10.9 Å². The van der Waals surface area contributed by atoms with Crippen LogP contribution < -0.4 is 0 Å². The molecule has 0 atom stereocenters. The molecule has 0 aliphatic rings. The average molecular weight is 313 g/mol. The van der Waals surface area contributed by atoms with E-state index >= 15 is 0 Å². The maximum Gasteiger partial charge on any atom is 0.200 e. The van der Waals surface area contributed by atoms with Crippen molar-refractivity contribution in [2.24, 2.45) is 12.0 Å². The summed E-state index contributed by atoms with van der Waals surface area (Å²) >= 11 is 5.87. The van der Waals surface area contributed by atoms with Gasteiger partial charge in [0.2, 0.25) is 5.88 Å². The molecule has 3 rings (SSSR count). The summed E-state index contributed by atoms with van der Waals surface area (Å²) in [6, 6.07) is 15.7. The van der Waals surface area contributed by atoms with Crippen molar-refractivity contribution >= 4 is 28.7 Å². The Morgan fingerprint density at radius 2 is 1.86 bits per heavy atom. The summed E-state index contributed by atoms with van der Waals surface area (Å²) in [6.45, 7) is 0.671. The van der Waals surface area contributed by atoms with Gasteiger partial charge in [-0.2, -0.15) is 0 Å². The summed E-state index contributed by atoms with van der Waals surface area (Å²) in [6.07, 6.45) is 2.60. The Labute approximate surface area is 134 Å². The van der Waals surface area contributed by atoms with Crippen LogP contribution in [0.2, 0.25) is 5.02 Å². The summed E-state index contributed by atoms with van der Waals surface area (Å²) in [5, 5.41) is 12.0. The first kappa shape index (κ1) is 14.7. The predicted octanol–water partition coefficient (Wildman–Crippen LogP) is 4.20. The molecule has 2 aromatic carbocycles. The Bertz CT molecular complexity index is 819. The molecule has 1 aromatic heterocycles. The van der Waals surface area contributed by atoms with Gasteiger partial charge in [0.1, 0.15) is 0 Å². The number of aliphatic imine (C=N–C) groups is 1. The fourth-order valence-electron chi connectivity index (χ4n) is 2.54. The molecule has 0 aliphatic carbocycles. The number of aromatic nitrogens is 1. The third kappa shape index (κ3) is 2.85. The van der Waals surface area contributed by atoms with E-state index in [1.807, 2.05) is 55.6 Å². The monoisotopic (exact) mass is 312 g/mol. The fraction of sp³-hybridized carbons (Fsp3) is 0.167. The first-order valence-corrected chi connectivity index (χ1v) is 7.55. The highest BCUT2D eigenvalue weighted by atomic mass is 35.5. The number of aromatic hydroxyl groups is 1. The number of hydrogen-bond acceptors (Lipinski definition) is 2. The number of rotatable bonds is 4. The van der Waals surface area contributed by atoms with Gasteiger partial charge in [0.05, 0.1) is 11.1 Å². The lowest BCUT2D eigenvalue weighted by atomic mass is 10.1. The van der Waals surface area contributed by atoms with Gasteiger partial charge in [-0.1, -0.05) is 41.9 Å². The second kappa shape index (κ2) is 6.24. The molecule has 0 aliphatic heterocycles. The zero-order valence-corrected chi connectivity index (χ0v) is 13.1. The molecule has 112 valence electrons. The quantitative estimate of drug-likeness (QED) is 0.720. The van der Waals surface area contributed by atoms with Crippen LogP contribution in [0.15, 0.2) is 53.5 Å². The lowest BCUT2D eigenvalue weighted by Crippen LogP contribution is -1.91. The molecule has 0 amide bonds. The Balaban J connectivity index is 1.76. The van der Waals surface area contributed by atoms with Crippen LogP contribution in [-0.2, 0) is 13.5 Å². The van der Waals surface area contributed by atoms with Crippen molar-refractivity contribution in [3.8, 4) is 5.88 Å². The van der Waals surface area contributed by atoms with Crippen LogP contribution in [0.1, 0.15) is 11.1 Å². The predicted molar refractivity (Wildman–Crippen MR) is 92.2 cm³/mol. The third-order valence-electron chi connectivity index (χ3n) is 3.78. The van der Waals surface area contributed by atoms with Gasteiger partial charge in [-0.05, 0) is 30.2 Å². The Morgan fingerprint density at radius 1 is 1.14 bits per heavy atom. The first-order chi connectivity index (χ1) is 10.7. The molecule has 4 heteroatoms. The number of aryl methyl sites for hydroxylation is 1. The maximum absolute atomic E-state index is 10.2. The number of fused-ring (bicyclic) bond motifs is 1. The van der Waals surface area contributed by atoms with E-state index in [0.29, 0.717) is 6.54 Å². The van der Waals surface area contributed by atoms with Gasteiger partial charge in [0.15, 0.2) is 0 Å². The second-order valence-corrected chi connectivity index (χ2v) is 5.66. The highest BCUT2D eigenvalue weighted by Gasteiger charge is 2.11. The van der Waals surface area contributed by atoms with Crippen molar-refractivity contribution in [2.75, 3.05) is 6.54 Å². The maximum atomic E-state index is 10.2. The van der Waals surface area contributed by atoms with Crippen molar-refractivity contribution in [3.63, 3.8) is 0 Å². The number of hydrogen-bond donors (Lipinski definition) is 1. The van der Waals surface area contributed by atoms with Gasteiger partial charge in [-0.15, -0.1) is 0 Å². The smallest absolute Gasteiger partial charge is 0.200 e. The van der Waals surface area contributed by atoms with Crippen LogP contribution in [0.4, 0.5) is 0 Å².